The highest BCUT2D eigenvalue weighted by Crippen LogP contribution is 2.26. The fourth-order valence-electron chi connectivity index (χ4n) is 1.43. The van der Waals surface area contributed by atoms with Crippen LogP contribution in [0.3, 0.4) is 0 Å². The molecule has 18 heavy (non-hydrogen) atoms. The Balaban J connectivity index is 1.92. The Bertz CT molecular complexity index is 529. The summed E-state index contributed by atoms with van der Waals surface area (Å²) >= 11 is 7.31. The quantitative estimate of drug-likeness (QED) is 0.902. The molecule has 0 radical (unpaired) electrons. The topological polar surface area (TPSA) is 54.0 Å². The average molecular weight is 282 g/mol. The van der Waals surface area contributed by atoms with Gasteiger partial charge in [0.25, 0.3) is 0 Å². The van der Waals surface area contributed by atoms with E-state index in [2.05, 4.69) is 15.6 Å². The van der Waals surface area contributed by atoms with Gasteiger partial charge in [0.1, 0.15) is 0 Å². The summed E-state index contributed by atoms with van der Waals surface area (Å²) in [5.41, 5.74) is 0.707. The smallest absolute Gasteiger partial charge is 0.319 e. The fourth-order valence-corrected chi connectivity index (χ4v) is 2.49. The molecule has 0 bridgehead atoms. The molecule has 0 aliphatic heterocycles. The maximum Gasteiger partial charge on any atom is 0.319 e. The zero-order valence-corrected chi connectivity index (χ0v) is 11.3. The number of anilines is 1. The molecule has 2 heterocycles. The molecule has 0 fully saturated rings. The third kappa shape index (κ3) is 3.45. The van der Waals surface area contributed by atoms with Crippen LogP contribution >= 0.6 is 22.9 Å². The van der Waals surface area contributed by atoms with Crippen LogP contribution in [0, 0.1) is 0 Å². The van der Waals surface area contributed by atoms with Crippen molar-refractivity contribution in [3.05, 3.63) is 45.9 Å². The number of aromatic nitrogens is 1. The van der Waals surface area contributed by atoms with Crippen LogP contribution in [0.1, 0.15) is 17.8 Å². The van der Waals surface area contributed by atoms with E-state index in [1.54, 1.807) is 24.5 Å². The first-order valence-electron chi connectivity index (χ1n) is 5.38. The third-order valence-electron chi connectivity index (χ3n) is 2.31. The summed E-state index contributed by atoms with van der Waals surface area (Å²) < 4.78 is 0.716. The molecule has 0 spiro atoms. The predicted octanol–water partition coefficient (Wildman–Crippen LogP) is 3.68. The lowest BCUT2D eigenvalue weighted by molar-refractivity contribution is 0.249. The number of carbonyl (C=O) groups excluding carboxylic acids is 1. The molecule has 2 amide bonds. The highest BCUT2D eigenvalue weighted by atomic mass is 35.5. The summed E-state index contributed by atoms with van der Waals surface area (Å²) in [7, 11) is 0. The number of nitrogens with one attached hydrogen (secondary N) is 2. The Kier molecular flexibility index (Phi) is 4.17. The summed E-state index contributed by atoms with van der Waals surface area (Å²) in [6.45, 7) is 1.91. The van der Waals surface area contributed by atoms with E-state index in [9.17, 15) is 4.79 Å². The van der Waals surface area contributed by atoms with Gasteiger partial charge in [-0.15, -0.1) is 11.3 Å². The third-order valence-corrected chi connectivity index (χ3v) is 3.72. The fraction of sp³-hybridized carbons (Fsp3) is 0.167. The van der Waals surface area contributed by atoms with Crippen molar-refractivity contribution in [3.8, 4) is 0 Å². The van der Waals surface area contributed by atoms with E-state index in [4.69, 9.17) is 11.6 Å². The molecule has 0 aliphatic carbocycles. The summed E-state index contributed by atoms with van der Waals surface area (Å²) in [6, 6.07) is 6.85. The van der Waals surface area contributed by atoms with Crippen LogP contribution in [0.15, 0.2) is 36.7 Å². The van der Waals surface area contributed by atoms with E-state index in [1.807, 2.05) is 19.1 Å². The SMILES string of the molecule is C[C@H](NC(=O)Nc1ccncc1)c1ccc(Cl)s1. The molecule has 0 aliphatic rings. The highest BCUT2D eigenvalue weighted by Gasteiger charge is 2.11. The van der Waals surface area contributed by atoms with Crippen molar-refractivity contribution in [3.63, 3.8) is 0 Å². The second-order valence-electron chi connectivity index (χ2n) is 3.70. The van der Waals surface area contributed by atoms with Crippen LogP contribution in [0.5, 0.6) is 0 Å². The van der Waals surface area contributed by atoms with Crippen LogP contribution in [0.4, 0.5) is 10.5 Å². The number of rotatable bonds is 3. The minimum absolute atomic E-state index is 0.0793. The van der Waals surface area contributed by atoms with Crippen molar-refractivity contribution in [1.29, 1.82) is 0 Å². The number of urea groups is 1. The van der Waals surface area contributed by atoms with Gasteiger partial charge in [0.2, 0.25) is 0 Å². The molecule has 6 heteroatoms. The number of hydrogen-bond donors (Lipinski definition) is 2. The number of carbonyl (C=O) groups is 1. The molecule has 0 saturated heterocycles. The first kappa shape index (κ1) is 12.9. The Labute approximate surface area is 114 Å². The van der Waals surface area contributed by atoms with Crippen molar-refractivity contribution in [1.82, 2.24) is 10.3 Å². The summed E-state index contributed by atoms with van der Waals surface area (Å²) in [4.78, 5) is 16.6. The van der Waals surface area contributed by atoms with Gasteiger partial charge in [-0.3, -0.25) is 4.98 Å². The van der Waals surface area contributed by atoms with Crippen molar-refractivity contribution in [2.75, 3.05) is 5.32 Å². The number of nitrogens with zero attached hydrogens (tertiary/aromatic N) is 1. The molecule has 2 rings (SSSR count). The maximum absolute atomic E-state index is 11.7. The van der Waals surface area contributed by atoms with Crippen LogP contribution < -0.4 is 10.6 Å². The van der Waals surface area contributed by atoms with Gasteiger partial charge in [0, 0.05) is 23.0 Å². The monoisotopic (exact) mass is 281 g/mol. The van der Waals surface area contributed by atoms with Crippen LogP contribution in [0.2, 0.25) is 4.34 Å². The van der Waals surface area contributed by atoms with Crippen molar-refractivity contribution < 1.29 is 4.79 Å². The summed E-state index contributed by atoms with van der Waals surface area (Å²) in [5, 5.41) is 5.57. The van der Waals surface area contributed by atoms with Crippen LogP contribution in [-0.4, -0.2) is 11.0 Å². The van der Waals surface area contributed by atoms with Gasteiger partial charge in [-0.2, -0.15) is 0 Å². The van der Waals surface area contributed by atoms with Crippen molar-refractivity contribution >= 4 is 34.7 Å². The van der Waals surface area contributed by atoms with Gasteiger partial charge in [-0.1, -0.05) is 11.6 Å². The van der Waals surface area contributed by atoms with E-state index >= 15 is 0 Å². The summed E-state index contributed by atoms with van der Waals surface area (Å²) in [5.74, 6) is 0. The average Bonchev–Trinajstić information content (AvgIpc) is 2.77. The van der Waals surface area contributed by atoms with Crippen molar-refractivity contribution in [2.45, 2.75) is 13.0 Å². The molecule has 94 valence electrons. The highest BCUT2D eigenvalue weighted by molar-refractivity contribution is 7.16. The van der Waals surface area contributed by atoms with Gasteiger partial charge in [0.15, 0.2) is 0 Å². The number of pyridine rings is 1. The Hall–Kier alpha value is -1.59. The molecule has 1 atom stereocenters. The standard InChI is InChI=1S/C12H12ClN3OS/c1-8(10-2-3-11(13)18-10)15-12(17)16-9-4-6-14-7-5-9/h2-8H,1H3,(H2,14,15,16,17)/t8-/m0/s1. The zero-order valence-electron chi connectivity index (χ0n) is 9.68. The lowest BCUT2D eigenvalue weighted by atomic mass is 10.3. The number of hydrogen-bond acceptors (Lipinski definition) is 3. The number of thiophene rings is 1. The second kappa shape index (κ2) is 5.84. The van der Waals surface area contributed by atoms with E-state index in [0.717, 1.165) is 4.88 Å². The van der Waals surface area contributed by atoms with Gasteiger partial charge >= 0.3 is 6.03 Å². The molecular weight excluding hydrogens is 270 g/mol. The Morgan fingerprint density at radius 1 is 1.33 bits per heavy atom. The first-order chi connectivity index (χ1) is 8.65. The molecule has 4 nitrogen and oxygen atoms in total. The Morgan fingerprint density at radius 2 is 2.06 bits per heavy atom. The van der Waals surface area contributed by atoms with E-state index in [0.29, 0.717) is 10.0 Å². The lowest BCUT2D eigenvalue weighted by Crippen LogP contribution is -2.30. The molecular formula is C12H12ClN3OS. The predicted molar refractivity (Wildman–Crippen MR) is 74.1 cm³/mol. The van der Waals surface area contributed by atoms with Gasteiger partial charge < -0.3 is 10.6 Å². The van der Waals surface area contributed by atoms with E-state index in [-0.39, 0.29) is 12.1 Å². The summed E-state index contributed by atoms with van der Waals surface area (Å²) in [6.07, 6.45) is 3.25. The largest absolute Gasteiger partial charge is 0.331 e. The molecule has 2 aromatic rings. The number of halogens is 1. The number of amides is 2. The maximum atomic E-state index is 11.7. The minimum Gasteiger partial charge on any atom is -0.331 e. The minimum atomic E-state index is -0.252. The van der Waals surface area contributed by atoms with E-state index in [1.165, 1.54) is 11.3 Å². The molecule has 2 aromatic heterocycles. The second-order valence-corrected chi connectivity index (χ2v) is 5.44. The molecule has 2 N–H and O–H groups in total. The van der Waals surface area contributed by atoms with Crippen LogP contribution in [0.25, 0.3) is 0 Å². The first-order valence-corrected chi connectivity index (χ1v) is 6.57. The Morgan fingerprint density at radius 3 is 2.67 bits per heavy atom. The van der Waals surface area contributed by atoms with Crippen molar-refractivity contribution in [2.24, 2.45) is 0 Å². The van der Waals surface area contributed by atoms with Crippen LogP contribution in [-0.2, 0) is 0 Å². The van der Waals surface area contributed by atoms with Gasteiger partial charge in [-0.25, -0.2) is 4.79 Å². The lowest BCUT2D eigenvalue weighted by Gasteiger charge is -2.13. The molecule has 0 unspecified atom stereocenters. The zero-order chi connectivity index (χ0) is 13.0. The van der Waals surface area contributed by atoms with E-state index < -0.39 is 0 Å². The van der Waals surface area contributed by atoms with Gasteiger partial charge in [-0.05, 0) is 31.2 Å². The van der Waals surface area contributed by atoms with Gasteiger partial charge in [0.05, 0.1) is 10.4 Å². The normalized spacial score (nSPS) is 11.9. The molecule has 0 saturated carbocycles. The molecule has 0 aromatic carbocycles.